The van der Waals surface area contributed by atoms with Crippen molar-refractivity contribution < 1.29 is 4.39 Å². The summed E-state index contributed by atoms with van der Waals surface area (Å²) in [6, 6.07) is 8.14. The number of nitrogens with one attached hydrogen (secondary N) is 1. The van der Waals surface area contributed by atoms with Gasteiger partial charge in [0.1, 0.15) is 17.3 Å². The van der Waals surface area contributed by atoms with Crippen LogP contribution in [-0.4, -0.2) is 61.2 Å². The van der Waals surface area contributed by atoms with Crippen LogP contribution in [0.3, 0.4) is 0 Å². The molecule has 1 fully saturated rings. The minimum absolute atomic E-state index is 0.0782. The SMILES string of the molecule is Cc1n[nH]c(C)c1C(c1ncccn1)N1CCN(c2nccnc2-c2ccc(F)cc2)CC1. The summed E-state index contributed by atoms with van der Waals surface area (Å²) >= 11 is 0. The van der Waals surface area contributed by atoms with Gasteiger partial charge < -0.3 is 4.90 Å². The Bertz CT molecular complexity index is 1200. The molecule has 1 unspecified atom stereocenters. The molecule has 0 saturated carbocycles. The van der Waals surface area contributed by atoms with Gasteiger partial charge in [-0.25, -0.2) is 19.3 Å². The fraction of sp³-hybridized carbons (Fsp3) is 0.292. The number of hydrogen-bond acceptors (Lipinski definition) is 7. The van der Waals surface area contributed by atoms with E-state index < -0.39 is 0 Å². The Morgan fingerprint density at radius 3 is 2.24 bits per heavy atom. The van der Waals surface area contributed by atoms with Gasteiger partial charge in [-0.2, -0.15) is 5.10 Å². The van der Waals surface area contributed by atoms with Crippen molar-refractivity contribution in [2.45, 2.75) is 19.9 Å². The fourth-order valence-corrected chi connectivity index (χ4v) is 4.45. The normalized spacial score (nSPS) is 15.5. The van der Waals surface area contributed by atoms with Crippen molar-refractivity contribution in [3.8, 4) is 11.3 Å². The van der Waals surface area contributed by atoms with Crippen LogP contribution in [0.4, 0.5) is 10.2 Å². The molecule has 3 aromatic heterocycles. The topological polar surface area (TPSA) is 86.7 Å². The average Bonchev–Trinajstić information content (AvgIpc) is 3.19. The molecule has 1 aliphatic rings. The summed E-state index contributed by atoms with van der Waals surface area (Å²) in [6.45, 7) is 7.19. The second kappa shape index (κ2) is 9.03. The van der Waals surface area contributed by atoms with Crippen LogP contribution < -0.4 is 4.90 Å². The summed E-state index contributed by atoms with van der Waals surface area (Å²) in [6.07, 6.45) is 6.94. The van der Waals surface area contributed by atoms with Crippen molar-refractivity contribution in [2.24, 2.45) is 0 Å². The molecule has 1 atom stereocenters. The van der Waals surface area contributed by atoms with Crippen molar-refractivity contribution in [1.82, 2.24) is 35.0 Å². The molecule has 1 aliphatic heterocycles. The highest BCUT2D eigenvalue weighted by molar-refractivity contribution is 5.72. The third-order valence-electron chi connectivity index (χ3n) is 6.06. The van der Waals surface area contributed by atoms with Gasteiger partial charge in [-0.05, 0) is 44.2 Å². The number of benzene rings is 1. The molecular weight excluding hydrogens is 419 g/mol. The lowest BCUT2D eigenvalue weighted by molar-refractivity contribution is 0.204. The van der Waals surface area contributed by atoms with Gasteiger partial charge in [-0.15, -0.1) is 0 Å². The largest absolute Gasteiger partial charge is 0.352 e. The maximum absolute atomic E-state index is 13.4. The van der Waals surface area contributed by atoms with Crippen molar-refractivity contribution in [2.75, 3.05) is 31.1 Å². The third-order valence-corrected chi connectivity index (χ3v) is 6.06. The molecule has 168 valence electrons. The molecule has 5 rings (SSSR count). The van der Waals surface area contributed by atoms with Gasteiger partial charge in [0, 0.05) is 67.8 Å². The summed E-state index contributed by atoms with van der Waals surface area (Å²) in [5.41, 5.74) is 4.72. The molecule has 0 spiro atoms. The first-order chi connectivity index (χ1) is 16.1. The van der Waals surface area contributed by atoms with Crippen LogP contribution in [0.15, 0.2) is 55.1 Å². The standard InChI is InChI=1S/C24H25FN8/c1-16-20(17(2)31-30-16)22(23-27-8-3-9-28-23)32-12-14-33(15-13-32)24-21(26-10-11-29-24)18-4-6-19(25)7-5-18/h3-11,22H,12-15H2,1-2H3,(H,30,31). The number of rotatable bonds is 5. The summed E-state index contributed by atoms with van der Waals surface area (Å²) in [7, 11) is 0. The second-order valence-electron chi connectivity index (χ2n) is 8.12. The van der Waals surface area contributed by atoms with E-state index in [1.54, 1.807) is 36.9 Å². The van der Waals surface area contributed by atoms with Crippen LogP contribution in [0.5, 0.6) is 0 Å². The predicted octanol–water partition coefficient (Wildman–Crippen LogP) is 3.32. The number of piperazine rings is 1. The molecule has 4 heterocycles. The highest BCUT2D eigenvalue weighted by Crippen LogP contribution is 2.33. The first-order valence-corrected chi connectivity index (χ1v) is 11.0. The smallest absolute Gasteiger partial charge is 0.155 e. The Morgan fingerprint density at radius 2 is 1.58 bits per heavy atom. The lowest BCUT2D eigenvalue weighted by Crippen LogP contribution is -2.48. The first-order valence-electron chi connectivity index (χ1n) is 11.0. The van der Waals surface area contributed by atoms with E-state index in [4.69, 9.17) is 0 Å². The maximum Gasteiger partial charge on any atom is 0.155 e. The number of nitrogens with zero attached hydrogens (tertiary/aromatic N) is 7. The van der Waals surface area contributed by atoms with E-state index >= 15 is 0 Å². The number of anilines is 1. The molecule has 0 aliphatic carbocycles. The van der Waals surface area contributed by atoms with Gasteiger partial charge in [-0.1, -0.05) is 0 Å². The zero-order chi connectivity index (χ0) is 22.8. The van der Waals surface area contributed by atoms with Crippen LogP contribution in [0.1, 0.15) is 28.8 Å². The summed E-state index contributed by atoms with van der Waals surface area (Å²) < 4.78 is 13.4. The van der Waals surface area contributed by atoms with Crippen molar-refractivity contribution in [3.63, 3.8) is 0 Å². The van der Waals surface area contributed by atoms with Gasteiger partial charge in [0.2, 0.25) is 0 Å². The van der Waals surface area contributed by atoms with E-state index in [2.05, 4.69) is 39.9 Å². The maximum atomic E-state index is 13.4. The molecule has 1 N–H and O–H groups in total. The zero-order valence-electron chi connectivity index (χ0n) is 18.6. The number of halogens is 1. The summed E-state index contributed by atoms with van der Waals surface area (Å²) in [4.78, 5) is 22.9. The predicted molar refractivity (Wildman–Crippen MR) is 123 cm³/mol. The van der Waals surface area contributed by atoms with Gasteiger partial charge in [0.25, 0.3) is 0 Å². The Kier molecular flexibility index (Phi) is 5.78. The molecule has 33 heavy (non-hydrogen) atoms. The fourth-order valence-electron chi connectivity index (χ4n) is 4.45. The van der Waals surface area contributed by atoms with Crippen LogP contribution in [-0.2, 0) is 0 Å². The number of aromatic nitrogens is 6. The molecule has 1 aromatic carbocycles. The monoisotopic (exact) mass is 444 g/mol. The van der Waals surface area contributed by atoms with E-state index in [0.29, 0.717) is 0 Å². The zero-order valence-corrected chi connectivity index (χ0v) is 18.6. The quantitative estimate of drug-likeness (QED) is 0.505. The Morgan fingerprint density at radius 1 is 0.879 bits per heavy atom. The van der Waals surface area contributed by atoms with E-state index in [1.807, 2.05) is 19.9 Å². The summed E-state index contributed by atoms with van der Waals surface area (Å²) in [5.74, 6) is 1.31. The van der Waals surface area contributed by atoms with Crippen molar-refractivity contribution in [3.05, 3.63) is 83.7 Å². The Balaban J connectivity index is 1.41. The number of aryl methyl sites for hydroxylation is 2. The Hall–Kier alpha value is -3.72. The van der Waals surface area contributed by atoms with Crippen LogP contribution in [0.2, 0.25) is 0 Å². The van der Waals surface area contributed by atoms with Crippen LogP contribution in [0.25, 0.3) is 11.3 Å². The van der Waals surface area contributed by atoms with Crippen molar-refractivity contribution >= 4 is 5.82 Å². The van der Waals surface area contributed by atoms with Gasteiger partial charge in [0.05, 0.1) is 11.7 Å². The molecular formula is C24H25FN8. The van der Waals surface area contributed by atoms with Crippen LogP contribution in [0, 0.1) is 19.7 Å². The Labute approximate surface area is 191 Å². The minimum atomic E-state index is -0.267. The lowest BCUT2D eigenvalue weighted by Gasteiger charge is -2.39. The highest BCUT2D eigenvalue weighted by Gasteiger charge is 2.32. The number of aromatic amines is 1. The minimum Gasteiger partial charge on any atom is -0.352 e. The lowest BCUT2D eigenvalue weighted by atomic mass is 10.0. The second-order valence-corrected chi connectivity index (χ2v) is 8.12. The first kappa shape index (κ1) is 21.1. The third kappa shape index (κ3) is 4.19. The molecule has 8 nitrogen and oxygen atoms in total. The van der Waals surface area contributed by atoms with Crippen LogP contribution >= 0.6 is 0 Å². The van der Waals surface area contributed by atoms with E-state index in [9.17, 15) is 4.39 Å². The van der Waals surface area contributed by atoms with E-state index in [1.165, 1.54) is 12.1 Å². The molecule has 0 amide bonds. The molecule has 1 saturated heterocycles. The number of hydrogen-bond donors (Lipinski definition) is 1. The number of H-pyrrole nitrogens is 1. The molecule has 0 radical (unpaired) electrons. The molecule has 0 bridgehead atoms. The van der Waals surface area contributed by atoms with Gasteiger partial charge in [-0.3, -0.25) is 15.0 Å². The van der Waals surface area contributed by atoms with Gasteiger partial charge in [0.15, 0.2) is 5.82 Å². The highest BCUT2D eigenvalue weighted by atomic mass is 19.1. The van der Waals surface area contributed by atoms with E-state index in [0.717, 1.165) is 66.0 Å². The molecule has 4 aromatic rings. The average molecular weight is 445 g/mol. The molecule has 9 heteroatoms. The van der Waals surface area contributed by atoms with E-state index in [-0.39, 0.29) is 11.9 Å². The van der Waals surface area contributed by atoms with Gasteiger partial charge >= 0.3 is 0 Å². The summed E-state index contributed by atoms with van der Waals surface area (Å²) in [5, 5.41) is 7.51. The van der Waals surface area contributed by atoms with Crippen molar-refractivity contribution in [1.29, 1.82) is 0 Å².